The number of nitrogens with two attached hydrogens (primary N) is 1. The van der Waals surface area contributed by atoms with Crippen molar-refractivity contribution in [2.45, 2.75) is 25.4 Å². The molecular formula is C22H21FN8O. The number of nitrogens with zero attached hydrogens (tertiary/aromatic N) is 5. The Labute approximate surface area is 182 Å². The van der Waals surface area contributed by atoms with Gasteiger partial charge in [0.05, 0.1) is 29.0 Å². The van der Waals surface area contributed by atoms with Crippen molar-refractivity contribution in [2.75, 3.05) is 23.8 Å². The number of piperidine rings is 1. The summed E-state index contributed by atoms with van der Waals surface area (Å²) >= 11 is 0. The molecule has 1 aromatic carbocycles. The number of aromatic nitrogens is 5. The summed E-state index contributed by atoms with van der Waals surface area (Å²) in [5.41, 5.74) is 9.14. The van der Waals surface area contributed by atoms with Crippen LogP contribution in [-0.4, -0.2) is 50.6 Å². The molecule has 32 heavy (non-hydrogen) atoms. The molecule has 2 fully saturated rings. The highest BCUT2D eigenvalue weighted by Gasteiger charge is 2.60. The minimum atomic E-state index is -0.217. The van der Waals surface area contributed by atoms with Crippen molar-refractivity contribution in [3.05, 3.63) is 35.7 Å². The molecular weight excluding hydrogens is 411 g/mol. The predicted molar refractivity (Wildman–Crippen MR) is 118 cm³/mol. The highest BCUT2D eigenvalue weighted by atomic mass is 19.1. The lowest BCUT2D eigenvalue weighted by Crippen LogP contribution is -2.39. The Kier molecular flexibility index (Phi) is 3.41. The summed E-state index contributed by atoms with van der Waals surface area (Å²) in [6, 6.07) is 2.03. The number of aromatic amines is 1. The van der Waals surface area contributed by atoms with Gasteiger partial charge in [0.2, 0.25) is 0 Å². The standard InChI is InChI=1S/C22H21FN8O/c1-8-26-5-9(6-27-8)32-22-29-20-17-16-10(12(23)4-13(25-2)19(16)28-20)3-14-15-11(18(15)24)7-31(14)21(17)30-22/h4-6,11,14-15,18,25H,3,7,24H2,1-2H3,(H,28,29,30). The zero-order chi connectivity index (χ0) is 21.7. The molecule has 3 aliphatic rings. The Hall–Kier alpha value is -3.53. The topological polar surface area (TPSA) is 118 Å². The fourth-order valence-electron chi connectivity index (χ4n) is 5.64. The molecule has 162 valence electrons. The fraction of sp³-hybridized carbons (Fsp3) is 0.364. The van der Waals surface area contributed by atoms with E-state index in [2.05, 4.69) is 30.2 Å². The van der Waals surface area contributed by atoms with Gasteiger partial charge in [0, 0.05) is 42.5 Å². The number of hydrogen-bond donors (Lipinski definition) is 3. The molecule has 1 aliphatic carbocycles. The Bertz CT molecular complexity index is 1420. The van der Waals surface area contributed by atoms with Gasteiger partial charge < -0.3 is 25.7 Å². The van der Waals surface area contributed by atoms with Crippen molar-refractivity contribution in [3.63, 3.8) is 0 Å². The monoisotopic (exact) mass is 432 g/mol. The Morgan fingerprint density at radius 1 is 1.25 bits per heavy atom. The van der Waals surface area contributed by atoms with Crippen LogP contribution in [0.4, 0.5) is 15.9 Å². The number of hydrogen-bond acceptors (Lipinski definition) is 8. The van der Waals surface area contributed by atoms with Gasteiger partial charge >= 0.3 is 6.01 Å². The summed E-state index contributed by atoms with van der Waals surface area (Å²) in [6.45, 7) is 2.61. The molecule has 7 rings (SSSR count). The van der Waals surface area contributed by atoms with E-state index in [9.17, 15) is 0 Å². The number of rotatable bonds is 3. The molecule has 1 saturated carbocycles. The van der Waals surface area contributed by atoms with E-state index in [1.165, 1.54) is 0 Å². The van der Waals surface area contributed by atoms with E-state index < -0.39 is 0 Å². The molecule has 4 aromatic rings. The normalized spacial score (nSPS) is 25.2. The van der Waals surface area contributed by atoms with Crippen molar-refractivity contribution in [2.24, 2.45) is 17.6 Å². The molecule has 0 bridgehead atoms. The number of nitrogens with one attached hydrogen (secondary N) is 2. The quantitative estimate of drug-likeness (QED) is 0.452. The number of fused-ring (bicyclic) bond motifs is 4. The van der Waals surface area contributed by atoms with Gasteiger partial charge in [-0.05, 0) is 25.3 Å². The highest BCUT2D eigenvalue weighted by Crippen LogP contribution is 2.54. The zero-order valence-corrected chi connectivity index (χ0v) is 17.6. The molecule has 9 nitrogen and oxygen atoms in total. The zero-order valence-electron chi connectivity index (χ0n) is 17.6. The van der Waals surface area contributed by atoms with Crippen LogP contribution < -0.4 is 20.7 Å². The number of anilines is 2. The average molecular weight is 432 g/mol. The third kappa shape index (κ3) is 2.30. The minimum absolute atomic E-state index is 0.106. The number of halogens is 1. The molecule has 5 heterocycles. The van der Waals surface area contributed by atoms with Gasteiger partial charge in [-0.25, -0.2) is 14.4 Å². The summed E-state index contributed by atoms with van der Waals surface area (Å²) in [6.07, 6.45) is 3.78. The lowest BCUT2D eigenvalue weighted by Gasteiger charge is -2.29. The number of aryl methyl sites for hydroxylation is 1. The average Bonchev–Trinajstić information content (AvgIpc) is 3.11. The Balaban J connectivity index is 1.48. The van der Waals surface area contributed by atoms with Crippen molar-refractivity contribution in [1.29, 1.82) is 0 Å². The molecule has 0 amide bonds. The maximum atomic E-state index is 15.3. The van der Waals surface area contributed by atoms with Gasteiger partial charge in [0.25, 0.3) is 0 Å². The van der Waals surface area contributed by atoms with Gasteiger partial charge in [-0.2, -0.15) is 9.97 Å². The predicted octanol–water partition coefficient (Wildman–Crippen LogP) is 2.50. The Morgan fingerprint density at radius 3 is 2.84 bits per heavy atom. The van der Waals surface area contributed by atoms with Crippen LogP contribution in [0.15, 0.2) is 18.5 Å². The highest BCUT2D eigenvalue weighted by molar-refractivity contribution is 6.16. The van der Waals surface area contributed by atoms with Crippen molar-refractivity contribution >= 4 is 33.4 Å². The van der Waals surface area contributed by atoms with Gasteiger partial charge in [0.15, 0.2) is 5.75 Å². The third-order valence-electron chi connectivity index (χ3n) is 7.21. The minimum Gasteiger partial charge on any atom is -0.421 e. The fourth-order valence-corrected chi connectivity index (χ4v) is 5.64. The van der Waals surface area contributed by atoms with Crippen LogP contribution in [0, 0.1) is 24.6 Å². The summed E-state index contributed by atoms with van der Waals surface area (Å²) in [4.78, 5) is 23.4. The second-order valence-corrected chi connectivity index (χ2v) is 8.87. The maximum absolute atomic E-state index is 15.3. The van der Waals surface area contributed by atoms with Crippen molar-refractivity contribution in [3.8, 4) is 11.8 Å². The summed E-state index contributed by atoms with van der Waals surface area (Å²) in [5, 5.41) is 4.76. The van der Waals surface area contributed by atoms with Crippen LogP contribution in [0.2, 0.25) is 0 Å². The maximum Gasteiger partial charge on any atom is 0.326 e. The first-order valence-electron chi connectivity index (χ1n) is 10.7. The first kappa shape index (κ1) is 18.1. The number of benzene rings is 1. The first-order chi connectivity index (χ1) is 15.5. The summed E-state index contributed by atoms with van der Waals surface area (Å²) in [5.74, 6) is 2.42. The molecule has 2 aliphatic heterocycles. The van der Waals surface area contributed by atoms with Crippen LogP contribution >= 0.6 is 0 Å². The van der Waals surface area contributed by atoms with Crippen molar-refractivity contribution < 1.29 is 9.13 Å². The SMILES string of the molecule is CNc1cc(F)c2c3c1[nH]c1nc(Oc4cnc(C)nc4)nc(c13)N1CC3C(N)C3C1C2. The van der Waals surface area contributed by atoms with Gasteiger partial charge in [-0.3, -0.25) is 0 Å². The van der Waals surface area contributed by atoms with E-state index in [4.69, 9.17) is 15.5 Å². The molecule has 4 atom stereocenters. The first-order valence-corrected chi connectivity index (χ1v) is 10.7. The molecule has 1 saturated heterocycles. The summed E-state index contributed by atoms with van der Waals surface area (Å²) in [7, 11) is 1.78. The van der Waals surface area contributed by atoms with Crippen LogP contribution in [-0.2, 0) is 6.42 Å². The van der Waals surface area contributed by atoms with Crippen LogP contribution in [0.25, 0.3) is 21.9 Å². The second-order valence-electron chi connectivity index (χ2n) is 8.87. The van der Waals surface area contributed by atoms with Crippen molar-refractivity contribution in [1.82, 2.24) is 24.9 Å². The largest absolute Gasteiger partial charge is 0.421 e. The molecule has 4 unspecified atom stereocenters. The molecule has 10 heteroatoms. The van der Waals surface area contributed by atoms with E-state index in [1.807, 2.05) is 6.92 Å². The van der Waals surface area contributed by atoms with Gasteiger partial charge in [0.1, 0.15) is 23.1 Å². The number of H-pyrrole nitrogens is 1. The van der Waals surface area contributed by atoms with Gasteiger partial charge in [-0.15, -0.1) is 0 Å². The molecule has 4 N–H and O–H groups in total. The number of ether oxygens (including phenoxy) is 1. The van der Waals surface area contributed by atoms with E-state index in [0.717, 1.165) is 28.7 Å². The second kappa shape index (κ2) is 6.04. The molecule has 0 spiro atoms. The van der Waals surface area contributed by atoms with E-state index >= 15 is 4.39 Å². The van der Waals surface area contributed by atoms with Crippen LogP contribution in [0.5, 0.6) is 11.8 Å². The van der Waals surface area contributed by atoms with E-state index in [-0.39, 0.29) is 23.9 Å². The smallest absolute Gasteiger partial charge is 0.326 e. The van der Waals surface area contributed by atoms with E-state index in [1.54, 1.807) is 25.5 Å². The van der Waals surface area contributed by atoms with Crippen LogP contribution in [0.1, 0.15) is 11.4 Å². The molecule has 0 radical (unpaired) electrons. The lowest BCUT2D eigenvalue weighted by molar-refractivity contribution is 0.438. The molecule has 3 aromatic heterocycles. The lowest BCUT2D eigenvalue weighted by atomic mass is 9.98. The van der Waals surface area contributed by atoms with E-state index in [0.29, 0.717) is 46.7 Å². The van der Waals surface area contributed by atoms with Gasteiger partial charge in [-0.1, -0.05) is 0 Å². The summed E-state index contributed by atoms with van der Waals surface area (Å²) < 4.78 is 21.2. The third-order valence-corrected chi connectivity index (χ3v) is 7.21. The van der Waals surface area contributed by atoms with Crippen LogP contribution in [0.3, 0.4) is 0 Å². The Morgan fingerprint density at radius 2 is 2.06 bits per heavy atom.